The monoisotopic (exact) mass is 144 g/mol. The molecule has 0 radical (unpaired) electrons. The molecule has 0 spiro atoms. The number of rotatable bonds is 0. The highest BCUT2D eigenvalue weighted by atomic mass is 32.1. The fourth-order valence-electron chi connectivity index (χ4n) is 0.734. The Morgan fingerprint density at radius 2 is 2.33 bits per heavy atom. The van der Waals surface area contributed by atoms with Crippen LogP contribution in [0, 0.1) is 0 Å². The third-order valence-corrected chi connectivity index (χ3v) is 1.74. The lowest BCUT2D eigenvalue weighted by Crippen LogP contribution is -2.25. The van der Waals surface area contributed by atoms with Crippen LogP contribution in [0.4, 0.5) is 0 Å². The highest BCUT2D eigenvalue weighted by Crippen LogP contribution is 2.01. The molecule has 0 saturated carbocycles. The number of nitrogens with one attached hydrogen (secondary N) is 1. The molecule has 0 aromatic rings. The number of thiocarbonyl (C=S) groups is 1. The minimum atomic E-state index is -0.137. The third-order valence-electron chi connectivity index (χ3n) is 1.35. The van der Waals surface area contributed by atoms with E-state index >= 15 is 0 Å². The molecule has 0 bridgehead atoms. The van der Waals surface area contributed by atoms with Crippen molar-refractivity contribution in [3.05, 3.63) is 0 Å². The van der Waals surface area contributed by atoms with Gasteiger partial charge in [0, 0.05) is 7.05 Å². The van der Waals surface area contributed by atoms with Gasteiger partial charge in [-0.1, -0.05) is 0 Å². The second-order valence-electron chi connectivity index (χ2n) is 2.07. The van der Waals surface area contributed by atoms with Gasteiger partial charge in [0.15, 0.2) is 5.11 Å². The number of nitrogens with zero attached hydrogens (tertiary/aromatic N) is 1. The zero-order chi connectivity index (χ0) is 7.02. The van der Waals surface area contributed by atoms with Crippen molar-refractivity contribution in [1.82, 2.24) is 10.2 Å². The fraction of sp³-hybridized carbons (Fsp3) is 0.600. The van der Waals surface area contributed by atoms with E-state index in [1.807, 2.05) is 0 Å². The maximum absolute atomic E-state index is 10.9. The number of hydrogen-bond donors (Lipinski definition) is 1. The topological polar surface area (TPSA) is 32.3 Å². The first-order valence-electron chi connectivity index (χ1n) is 2.71. The van der Waals surface area contributed by atoms with Crippen LogP contribution in [0.5, 0.6) is 0 Å². The maximum Gasteiger partial charge on any atom is 0.250 e. The van der Waals surface area contributed by atoms with Crippen molar-refractivity contribution in [2.75, 3.05) is 7.05 Å². The molecule has 0 unspecified atom stereocenters. The standard InChI is InChI=1S/C5H8N2OS/c1-3-4(8)7(2)5(9)6-3/h3H,1-2H3,(H,6,9)/t3-/m0/s1. The van der Waals surface area contributed by atoms with E-state index in [9.17, 15) is 4.79 Å². The predicted octanol–water partition coefficient (Wildman–Crippen LogP) is -0.279. The molecule has 0 aromatic heterocycles. The zero-order valence-corrected chi connectivity index (χ0v) is 6.16. The first kappa shape index (κ1) is 6.48. The van der Waals surface area contributed by atoms with Gasteiger partial charge in [0.05, 0.1) is 0 Å². The summed E-state index contributed by atoms with van der Waals surface area (Å²) in [6.45, 7) is 1.79. The van der Waals surface area contributed by atoms with Crippen molar-refractivity contribution in [3.63, 3.8) is 0 Å². The van der Waals surface area contributed by atoms with Gasteiger partial charge in [-0.05, 0) is 19.1 Å². The van der Waals surface area contributed by atoms with Crippen molar-refractivity contribution in [2.45, 2.75) is 13.0 Å². The quantitative estimate of drug-likeness (QED) is 0.475. The first-order chi connectivity index (χ1) is 4.13. The van der Waals surface area contributed by atoms with Crippen LogP contribution < -0.4 is 5.32 Å². The average Bonchev–Trinajstić information content (AvgIpc) is 1.98. The van der Waals surface area contributed by atoms with Gasteiger partial charge in [0.25, 0.3) is 5.91 Å². The van der Waals surface area contributed by atoms with Crippen LogP contribution in [0.3, 0.4) is 0 Å². The molecular weight excluding hydrogens is 136 g/mol. The van der Waals surface area contributed by atoms with E-state index in [2.05, 4.69) is 5.32 Å². The molecule has 1 rings (SSSR count). The van der Waals surface area contributed by atoms with E-state index in [1.165, 1.54) is 4.90 Å². The van der Waals surface area contributed by atoms with Crippen molar-refractivity contribution < 1.29 is 4.79 Å². The Bertz CT molecular complexity index is 168. The van der Waals surface area contributed by atoms with Crippen LogP contribution in [0.1, 0.15) is 6.92 Å². The highest BCUT2D eigenvalue weighted by Gasteiger charge is 2.28. The smallest absolute Gasteiger partial charge is 0.250 e. The van der Waals surface area contributed by atoms with Crippen LogP contribution in [0.2, 0.25) is 0 Å². The molecule has 1 heterocycles. The van der Waals surface area contributed by atoms with Crippen molar-refractivity contribution in [3.8, 4) is 0 Å². The molecule has 1 atom stereocenters. The van der Waals surface area contributed by atoms with Gasteiger partial charge >= 0.3 is 0 Å². The maximum atomic E-state index is 10.9. The van der Waals surface area contributed by atoms with Gasteiger partial charge < -0.3 is 5.32 Å². The van der Waals surface area contributed by atoms with Crippen molar-refractivity contribution >= 4 is 23.2 Å². The lowest BCUT2D eigenvalue weighted by Gasteiger charge is -2.03. The number of hydrogen-bond acceptors (Lipinski definition) is 2. The van der Waals surface area contributed by atoms with Crippen molar-refractivity contribution in [2.24, 2.45) is 0 Å². The number of amides is 1. The molecule has 50 valence electrons. The molecule has 1 N–H and O–H groups in total. The third kappa shape index (κ3) is 0.896. The van der Waals surface area contributed by atoms with E-state index < -0.39 is 0 Å². The highest BCUT2D eigenvalue weighted by molar-refractivity contribution is 7.80. The lowest BCUT2D eigenvalue weighted by atomic mass is 10.3. The molecule has 1 aliphatic rings. The first-order valence-corrected chi connectivity index (χ1v) is 3.12. The van der Waals surface area contributed by atoms with Crippen LogP contribution in [0.15, 0.2) is 0 Å². The minimum absolute atomic E-state index is 0.0417. The molecule has 3 nitrogen and oxygen atoms in total. The summed E-state index contributed by atoms with van der Waals surface area (Å²) in [5.74, 6) is 0.0417. The Kier molecular flexibility index (Phi) is 1.40. The van der Waals surface area contributed by atoms with Crippen LogP contribution in [-0.2, 0) is 4.79 Å². The average molecular weight is 144 g/mol. The number of carbonyl (C=O) groups excluding carboxylic acids is 1. The summed E-state index contributed by atoms with van der Waals surface area (Å²) in [5, 5.41) is 3.34. The van der Waals surface area contributed by atoms with E-state index in [1.54, 1.807) is 14.0 Å². The molecule has 4 heteroatoms. The van der Waals surface area contributed by atoms with Gasteiger partial charge in [-0.15, -0.1) is 0 Å². The molecule has 1 aliphatic heterocycles. The summed E-state index contributed by atoms with van der Waals surface area (Å²) in [7, 11) is 1.67. The zero-order valence-electron chi connectivity index (χ0n) is 5.34. The summed E-state index contributed by atoms with van der Waals surface area (Å²) in [6, 6.07) is -0.137. The molecule has 1 saturated heterocycles. The van der Waals surface area contributed by atoms with Crippen LogP contribution in [0.25, 0.3) is 0 Å². The second kappa shape index (κ2) is 1.95. The van der Waals surface area contributed by atoms with Gasteiger partial charge in [-0.3, -0.25) is 9.69 Å². The summed E-state index contributed by atoms with van der Waals surface area (Å²) in [6.07, 6.45) is 0. The van der Waals surface area contributed by atoms with E-state index in [0.717, 1.165) is 0 Å². The lowest BCUT2D eigenvalue weighted by molar-refractivity contribution is -0.125. The normalized spacial score (nSPS) is 26.9. The van der Waals surface area contributed by atoms with E-state index in [-0.39, 0.29) is 11.9 Å². The molecule has 1 fully saturated rings. The van der Waals surface area contributed by atoms with Crippen molar-refractivity contribution in [1.29, 1.82) is 0 Å². The molecular formula is C5H8N2OS. The summed E-state index contributed by atoms with van der Waals surface area (Å²) in [5.41, 5.74) is 0. The fourth-order valence-corrected chi connectivity index (χ4v) is 1.00. The molecule has 1 amide bonds. The van der Waals surface area contributed by atoms with Crippen LogP contribution in [-0.4, -0.2) is 29.0 Å². The Morgan fingerprint density at radius 1 is 1.78 bits per heavy atom. The van der Waals surface area contributed by atoms with E-state index in [0.29, 0.717) is 5.11 Å². The molecule has 9 heavy (non-hydrogen) atoms. The Hall–Kier alpha value is -0.640. The Morgan fingerprint density at radius 3 is 2.44 bits per heavy atom. The summed E-state index contributed by atoms with van der Waals surface area (Å²) < 4.78 is 0. The molecule has 0 aromatic carbocycles. The summed E-state index contributed by atoms with van der Waals surface area (Å²) in [4.78, 5) is 12.3. The SMILES string of the molecule is C[C@@H]1NC(=S)N(C)C1=O. The largest absolute Gasteiger partial charge is 0.351 e. The Labute approximate surface area is 59.0 Å². The van der Waals surface area contributed by atoms with Gasteiger partial charge in [0.2, 0.25) is 0 Å². The number of likely N-dealkylation sites (N-methyl/N-ethyl adjacent to an activating group) is 1. The molecule has 0 aliphatic carbocycles. The van der Waals surface area contributed by atoms with E-state index in [4.69, 9.17) is 12.2 Å². The van der Waals surface area contributed by atoms with Gasteiger partial charge in [-0.2, -0.15) is 0 Å². The Balaban J connectivity index is 2.77. The second-order valence-corrected chi connectivity index (χ2v) is 2.46. The number of carbonyl (C=O) groups is 1. The predicted molar refractivity (Wildman–Crippen MR) is 38.0 cm³/mol. The van der Waals surface area contributed by atoms with Gasteiger partial charge in [-0.25, -0.2) is 0 Å². The summed E-state index contributed by atoms with van der Waals surface area (Å²) >= 11 is 4.79. The van der Waals surface area contributed by atoms with Crippen LogP contribution >= 0.6 is 12.2 Å². The minimum Gasteiger partial charge on any atom is -0.351 e. The van der Waals surface area contributed by atoms with Gasteiger partial charge in [0.1, 0.15) is 6.04 Å².